The van der Waals surface area contributed by atoms with Gasteiger partial charge in [0.1, 0.15) is 24.4 Å². The standard InChI is InChI=1S/C52H83NO12/c1-31-17-13-12-14-18-32(2)44(62-10)29-40-23-21-38(8)52(60,65-40)49(57)50(58)53-24-16-15-19-41(53)51(59)64-45(35(5)27-39-22-20-33(3)43(28-39)61-9)30-42(54)34(4)26-37(7)47(56)48(63-11)46(55)36(6)25-31/h12-14,17-18,26,31,33-36,38-45,47-48,54,56,60H,15-16,19-25,27-30H2,1-11H3/b14-12+,17-13+,32-18+,37-26+/t31-,33-,34-,35-,36-,38-,39+,40+,41+,42-,43-,44+,45+,47-,48+,52-/m1/s1. The first kappa shape index (κ1) is 54.6. The van der Waals surface area contributed by atoms with Gasteiger partial charge in [-0.2, -0.15) is 0 Å². The van der Waals surface area contributed by atoms with Crippen molar-refractivity contribution >= 4 is 23.4 Å². The predicted octanol–water partition coefficient (Wildman–Crippen LogP) is 7.25. The van der Waals surface area contributed by atoms with Gasteiger partial charge in [-0.05, 0) is 113 Å². The van der Waals surface area contributed by atoms with Crippen LogP contribution in [0.2, 0.25) is 0 Å². The van der Waals surface area contributed by atoms with Gasteiger partial charge in [-0.25, -0.2) is 4.79 Å². The number of cyclic esters (lactones) is 1. The van der Waals surface area contributed by atoms with E-state index in [0.29, 0.717) is 62.4 Å². The van der Waals surface area contributed by atoms with Crippen LogP contribution < -0.4 is 0 Å². The second kappa shape index (κ2) is 25.4. The first-order chi connectivity index (χ1) is 30.7. The molecule has 0 spiro atoms. The fourth-order valence-corrected chi connectivity index (χ4v) is 10.5. The number of esters is 1. The maximum atomic E-state index is 14.4. The third kappa shape index (κ3) is 14.5. The SMILES string of the molecule is CO[C@H]1C[C@@H]2CC[C@@H](C)[C@@](O)(O2)C(=O)C(=O)N2CCCC[C@H]2C(=O)O[C@H]([C@H](C)C[C@@H]2CC[C@@H](C)[C@H](OC)C2)C[C@@H](O)[C@H](C)/C=C(\C)[C@@H](O)[C@@H](OC)C(=O)[C@H](C)C[C@H](C)/C=C/C=C/C=C/1C. The summed E-state index contributed by atoms with van der Waals surface area (Å²) in [6.07, 6.45) is 13.3. The van der Waals surface area contributed by atoms with E-state index in [-0.39, 0.29) is 43.1 Å². The van der Waals surface area contributed by atoms with Crippen LogP contribution in [0.1, 0.15) is 132 Å². The number of hydrogen-bond acceptors (Lipinski definition) is 12. The maximum Gasteiger partial charge on any atom is 0.329 e. The highest BCUT2D eigenvalue weighted by atomic mass is 16.6. The van der Waals surface area contributed by atoms with Gasteiger partial charge in [-0.1, -0.05) is 78.0 Å². The summed E-state index contributed by atoms with van der Waals surface area (Å²) < 4.78 is 29.8. The van der Waals surface area contributed by atoms with Gasteiger partial charge < -0.3 is 43.9 Å². The van der Waals surface area contributed by atoms with E-state index in [1.165, 1.54) is 12.0 Å². The molecule has 368 valence electrons. The first-order valence-electron chi connectivity index (χ1n) is 24.4. The van der Waals surface area contributed by atoms with Gasteiger partial charge >= 0.3 is 5.97 Å². The molecular formula is C52H83NO12. The van der Waals surface area contributed by atoms with Gasteiger partial charge in [-0.15, -0.1) is 0 Å². The van der Waals surface area contributed by atoms with Crippen molar-refractivity contribution in [3.8, 4) is 0 Å². The smallest absolute Gasteiger partial charge is 0.329 e. The van der Waals surface area contributed by atoms with Crippen LogP contribution in [0.25, 0.3) is 0 Å². The minimum Gasteiger partial charge on any atom is -0.460 e. The van der Waals surface area contributed by atoms with Gasteiger partial charge in [-0.3, -0.25) is 14.4 Å². The Balaban J connectivity index is 1.70. The van der Waals surface area contributed by atoms with Gasteiger partial charge in [0.2, 0.25) is 5.79 Å². The van der Waals surface area contributed by atoms with Crippen LogP contribution in [-0.2, 0) is 42.9 Å². The number of rotatable bonds is 6. The van der Waals surface area contributed by atoms with Crippen molar-refractivity contribution in [2.75, 3.05) is 27.9 Å². The molecule has 4 aliphatic rings. The molecule has 2 saturated heterocycles. The number of ketones is 2. The van der Waals surface area contributed by atoms with Crippen LogP contribution in [0.15, 0.2) is 47.6 Å². The molecule has 1 saturated carbocycles. The molecular weight excluding hydrogens is 831 g/mol. The molecule has 13 heteroatoms. The minimum absolute atomic E-state index is 0.0420. The lowest BCUT2D eigenvalue weighted by Crippen LogP contribution is -2.61. The summed E-state index contributed by atoms with van der Waals surface area (Å²) in [7, 11) is 4.74. The number of methoxy groups -OCH3 is 3. The van der Waals surface area contributed by atoms with Gasteiger partial charge in [0.25, 0.3) is 11.7 Å². The molecule has 0 aromatic rings. The normalized spacial score (nSPS) is 41.5. The van der Waals surface area contributed by atoms with Gasteiger partial charge in [0.15, 0.2) is 5.78 Å². The number of nitrogens with zero attached hydrogens (tertiary/aromatic N) is 1. The highest BCUT2D eigenvalue weighted by Gasteiger charge is 2.53. The van der Waals surface area contributed by atoms with Crippen LogP contribution in [0.4, 0.5) is 0 Å². The van der Waals surface area contributed by atoms with Gasteiger partial charge in [0.05, 0.1) is 24.4 Å². The molecule has 0 unspecified atom stereocenters. The Morgan fingerprint density at radius 2 is 1.55 bits per heavy atom. The Labute approximate surface area is 389 Å². The van der Waals surface area contributed by atoms with Crippen molar-refractivity contribution in [3.05, 3.63) is 47.6 Å². The fourth-order valence-electron chi connectivity index (χ4n) is 10.5. The second-order valence-electron chi connectivity index (χ2n) is 20.2. The van der Waals surface area contributed by atoms with Crippen LogP contribution in [-0.4, -0.2) is 126 Å². The van der Waals surface area contributed by atoms with Crippen molar-refractivity contribution in [2.45, 2.75) is 187 Å². The topological polar surface area (TPSA) is 178 Å². The summed E-state index contributed by atoms with van der Waals surface area (Å²) in [6, 6.07) is -1.08. The molecule has 3 N–H and O–H groups in total. The largest absolute Gasteiger partial charge is 0.460 e. The summed E-state index contributed by atoms with van der Waals surface area (Å²) in [6.45, 7) is 15.4. The van der Waals surface area contributed by atoms with Crippen LogP contribution in [0, 0.1) is 41.4 Å². The number of aliphatic hydroxyl groups is 3. The number of carbonyl (C=O) groups excluding carboxylic acids is 4. The molecule has 13 nitrogen and oxygen atoms in total. The predicted molar refractivity (Wildman–Crippen MR) is 249 cm³/mol. The van der Waals surface area contributed by atoms with E-state index in [1.807, 2.05) is 65.0 Å². The Kier molecular flexibility index (Phi) is 21.3. The van der Waals surface area contributed by atoms with Crippen molar-refractivity contribution in [1.82, 2.24) is 4.90 Å². The Bertz CT molecular complexity index is 1710. The molecule has 4 rings (SSSR count). The number of ether oxygens (including phenoxy) is 5. The zero-order valence-electron chi connectivity index (χ0n) is 41.3. The lowest BCUT2D eigenvalue weighted by atomic mass is 9.75. The van der Waals surface area contributed by atoms with Crippen LogP contribution in [0.5, 0.6) is 0 Å². The zero-order chi connectivity index (χ0) is 48.2. The molecule has 1 aliphatic carbocycles. The highest BCUT2D eigenvalue weighted by molar-refractivity contribution is 6.39. The molecule has 2 bridgehead atoms. The van der Waals surface area contributed by atoms with Crippen LogP contribution >= 0.6 is 0 Å². The van der Waals surface area contributed by atoms with Gasteiger partial charge in [0, 0.05) is 58.5 Å². The highest BCUT2D eigenvalue weighted by Crippen LogP contribution is 2.38. The molecule has 16 atom stereocenters. The van der Waals surface area contributed by atoms with E-state index in [0.717, 1.165) is 24.8 Å². The zero-order valence-corrected chi connectivity index (χ0v) is 41.3. The second-order valence-corrected chi connectivity index (χ2v) is 20.2. The minimum atomic E-state index is -2.40. The number of hydrogen-bond donors (Lipinski definition) is 3. The molecule has 65 heavy (non-hydrogen) atoms. The summed E-state index contributed by atoms with van der Waals surface area (Å²) in [5.74, 6) is -6.40. The molecule has 3 heterocycles. The molecule has 0 aromatic heterocycles. The molecule has 0 radical (unpaired) electrons. The average molecular weight is 914 g/mol. The molecule has 3 aliphatic heterocycles. The maximum absolute atomic E-state index is 14.4. The van der Waals surface area contributed by atoms with E-state index in [1.54, 1.807) is 34.1 Å². The third-order valence-electron chi connectivity index (χ3n) is 15.0. The Morgan fingerprint density at radius 3 is 2.23 bits per heavy atom. The summed E-state index contributed by atoms with van der Waals surface area (Å²) >= 11 is 0. The first-order valence-corrected chi connectivity index (χ1v) is 24.4. The quantitative estimate of drug-likeness (QED) is 0.138. The monoisotopic (exact) mass is 914 g/mol. The Morgan fingerprint density at radius 1 is 0.831 bits per heavy atom. The molecule has 3 fully saturated rings. The van der Waals surface area contributed by atoms with E-state index >= 15 is 0 Å². The summed E-state index contributed by atoms with van der Waals surface area (Å²) in [5.41, 5.74) is 1.37. The number of aliphatic hydroxyl groups excluding tert-OH is 2. The molecule has 1 amide bonds. The van der Waals surface area contributed by atoms with E-state index in [4.69, 9.17) is 23.7 Å². The van der Waals surface area contributed by atoms with Crippen molar-refractivity contribution in [1.29, 1.82) is 0 Å². The lowest BCUT2D eigenvalue weighted by molar-refractivity contribution is -0.265. The van der Waals surface area contributed by atoms with Crippen molar-refractivity contribution < 1.29 is 58.2 Å². The number of carbonyl (C=O) groups is 4. The number of allylic oxidation sites excluding steroid dienone is 5. The number of Topliss-reactive ketones (excluding diaryl/α,β-unsaturated/α-hetero) is 2. The molecule has 0 aromatic carbocycles. The third-order valence-corrected chi connectivity index (χ3v) is 15.0. The number of piperidine rings is 1. The fraction of sp³-hybridized carbons (Fsp3) is 0.769. The van der Waals surface area contributed by atoms with E-state index in [2.05, 4.69) is 6.92 Å². The summed E-state index contributed by atoms with van der Waals surface area (Å²) in [4.78, 5) is 57.9. The number of amides is 1. The van der Waals surface area contributed by atoms with Crippen molar-refractivity contribution in [2.24, 2.45) is 41.4 Å². The van der Waals surface area contributed by atoms with E-state index < -0.39 is 83.9 Å². The summed E-state index contributed by atoms with van der Waals surface area (Å²) in [5, 5.41) is 35.2. The van der Waals surface area contributed by atoms with E-state index in [9.17, 15) is 34.5 Å². The van der Waals surface area contributed by atoms with Crippen LogP contribution in [0.3, 0.4) is 0 Å². The average Bonchev–Trinajstić information content (AvgIpc) is 3.28. The Hall–Kier alpha value is -3.04. The van der Waals surface area contributed by atoms with Crippen molar-refractivity contribution in [3.63, 3.8) is 0 Å². The number of fused-ring (bicyclic) bond motifs is 3. The lowest BCUT2D eigenvalue weighted by Gasteiger charge is -2.43.